The van der Waals surface area contributed by atoms with Gasteiger partial charge >= 0.3 is 0 Å². The van der Waals surface area contributed by atoms with E-state index in [1.165, 1.54) is 4.90 Å². The molecule has 2 aromatic heterocycles. The molecule has 0 aliphatic heterocycles. The Labute approximate surface area is 189 Å². The van der Waals surface area contributed by atoms with Gasteiger partial charge in [0.2, 0.25) is 0 Å². The molecule has 1 N–H and O–H groups in total. The van der Waals surface area contributed by atoms with Gasteiger partial charge in [-0.05, 0) is 31.5 Å². The summed E-state index contributed by atoms with van der Waals surface area (Å²) in [5.74, 6) is -0.581. The van der Waals surface area contributed by atoms with E-state index in [9.17, 15) is 9.59 Å². The molecule has 10 heteroatoms. The van der Waals surface area contributed by atoms with Crippen molar-refractivity contribution < 1.29 is 9.59 Å². The van der Waals surface area contributed by atoms with Crippen molar-refractivity contribution in [1.82, 2.24) is 25.0 Å². The lowest BCUT2D eigenvalue weighted by molar-refractivity contribution is 0.0827. The van der Waals surface area contributed by atoms with Gasteiger partial charge < -0.3 is 10.2 Å². The van der Waals surface area contributed by atoms with Crippen molar-refractivity contribution in [2.45, 2.75) is 26.4 Å². The number of halogens is 1. The fourth-order valence-electron chi connectivity index (χ4n) is 2.95. The van der Waals surface area contributed by atoms with Gasteiger partial charge in [0, 0.05) is 37.3 Å². The van der Waals surface area contributed by atoms with E-state index in [1.54, 1.807) is 30.2 Å². The molecule has 1 aromatic carbocycles. The highest BCUT2D eigenvalue weighted by molar-refractivity contribution is 7.11. The first kappa shape index (κ1) is 22.5. The second-order valence-corrected chi connectivity index (χ2v) is 8.48. The molecule has 0 radical (unpaired) electrons. The summed E-state index contributed by atoms with van der Waals surface area (Å²) in [7, 11) is 3.27. The van der Waals surface area contributed by atoms with E-state index < -0.39 is 0 Å². The fourth-order valence-corrected chi connectivity index (χ4v) is 3.97. The Hall–Kier alpha value is -3.22. The van der Waals surface area contributed by atoms with Crippen LogP contribution in [-0.4, -0.2) is 51.6 Å². The van der Waals surface area contributed by atoms with Crippen LogP contribution in [0.25, 0.3) is 11.3 Å². The Bertz CT molecular complexity index is 1180. The SMILES string of the molecule is Cc1c(-c2ccn(C[C@H](C)NC(=O)c3csc(C(=O)N(C)C)n3)n2)ccc(C#N)c1Cl. The van der Waals surface area contributed by atoms with Gasteiger partial charge in [-0.3, -0.25) is 14.3 Å². The zero-order valence-corrected chi connectivity index (χ0v) is 19.1. The Morgan fingerprint density at radius 3 is 2.77 bits per heavy atom. The number of thiazole rings is 1. The number of nitriles is 1. The zero-order valence-electron chi connectivity index (χ0n) is 17.5. The summed E-state index contributed by atoms with van der Waals surface area (Å²) >= 11 is 7.40. The van der Waals surface area contributed by atoms with E-state index in [1.807, 2.05) is 32.2 Å². The minimum Gasteiger partial charge on any atom is -0.346 e. The normalized spacial score (nSPS) is 11.6. The smallest absolute Gasteiger partial charge is 0.282 e. The van der Waals surface area contributed by atoms with E-state index in [0.717, 1.165) is 28.2 Å². The molecule has 8 nitrogen and oxygen atoms in total. The predicted molar refractivity (Wildman–Crippen MR) is 119 cm³/mol. The maximum absolute atomic E-state index is 12.5. The van der Waals surface area contributed by atoms with Crippen LogP contribution >= 0.6 is 22.9 Å². The molecule has 3 aromatic rings. The lowest BCUT2D eigenvalue weighted by Gasteiger charge is -2.13. The summed E-state index contributed by atoms with van der Waals surface area (Å²) in [6.07, 6.45) is 1.82. The average Bonchev–Trinajstić information content (AvgIpc) is 3.39. The van der Waals surface area contributed by atoms with Gasteiger partial charge in [-0.25, -0.2) is 4.98 Å². The summed E-state index contributed by atoms with van der Waals surface area (Å²) in [4.78, 5) is 30.0. The van der Waals surface area contributed by atoms with Crippen molar-refractivity contribution in [1.29, 1.82) is 5.26 Å². The largest absolute Gasteiger partial charge is 0.346 e. The Morgan fingerprint density at radius 1 is 1.35 bits per heavy atom. The molecule has 2 amide bonds. The topological polar surface area (TPSA) is 104 Å². The van der Waals surface area contributed by atoms with Crippen LogP contribution in [0, 0.1) is 18.3 Å². The molecule has 0 aliphatic carbocycles. The Morgan fingerprint density at radius 2 is 2.10 bits per heavy atom. The summed E-state index contributed by atoms with van der Waals surface area (Å²) in [6.45, 7) is 4.16. The minimum atomic E-state index is -0.344. The van der Waals surface area contributed by atoms with E-state index in [0.29, 0.717) is 17.1 Å². The number of benzene rings is 1. The number of carbonyl (C=O) groups excluding carboxylic acids is 2. The first-order valence-corrected chi connectivity index (χ1v) is 10.7. The van der Waals surface area contributed by atoms with Crippen molar-refractivity contribution in [3.8, 4) is 17.3 Å². The highest BCUT2D eigenvalue weighted by Crippen LogP contribution is 2.29. The van der Waals surface area contributed by atoms with Crippen molar-refractivity contribution >= 4 is 34.8 Å². The number of nitrogens with one attached hydrogen (secondary N) is 1. The van der Waals surface area contributed by atoms with Gasteiger partial charge in [-0.1, -0.05) is 17.7 Å². The molecule has 160 valence electrons. The van der Waals surface area contributed by atoms with Crippen LogP contribution in [0.5, 0.6) is 0 Å². The number of nitrogens with zero attached hydrogens (tertiary/aromatic N) is 5. The van der Waals surface area contributed by atoms with Crippen LogP contribution in [-0.2, 0) is 6.54 Å². The lowest BCUT2D eigenvalue weighted by Crippen LogP contribution is -2.36. The first-order chi connectivity index (χ1) is 14.7. The highest BCUT2D eigenvalue weighted by atomic mass is 35.5. The number of carbonyl (C=O) groups is 2. The summed E-state index contributed by atoms with van der Waals surface area (Å²) in [6, 6.07) is 7.21. The van der Waals surface area contributed by atoms with Crippen molar-refractivity contribution in [2.75, 3.05) is 14.1 Å². The summed E-state index contributed by atoms with van der Waals surface area (Å²) in [5.41, 5.74) is 3.01. The predicted octanol–water partition coefficient (Wildman–Crippen LogP) is 3.36. The van der Waals surface area contributed by atoms with Gasteiger partial charge in [0.1, 0.15) is 11.8 Å². The molecule has 3 rings (SSSR count). The number of hydrogen-bond donors (Lipinski definition) is 1. The van der Waals surface area contributed by atoms with Crippen LogP contribution in [0.2, 0.25) is 5.02 Å². The number of hydrogen-bond acceptors (Lipinski definition) is 6. The van der Waals surface area contributed by atoms with Gasteiger partial charge in [0.25, 0.3) is 11.8 Å². The molecule has 0 saturated heterocycles. The second kappa shape index (κ2) is 9.29. The Balaban J connectivity index is 1.66. The van der Waals surface area contributed by atoms with Crippen LogP contribution < -0.4 is 5.32 Å². The summed E-state index contributed by atoms with van der Waals surface area (Å²) in [5, 5.41) is 18.8. The standard InChI is InChI=1S/C21H21ClN6O2S/c1-12(24-19(29)17-11-31-20(25-17)21(30)27(3)4)10-28-8-7-16(26-28)15-6-5-14(9-23)18(22)13(15)2/h5-8,11-12H,10H2,1-4H3,(H,24,29)/t12-/m0/s1. The molecule has 0 aliphatic rings. The Kier molecular flexibility index (Phi) is 6.73. The average molecular weight is 457 g/mol. The highest BCUT2D eigenvalue weighted by Gasteiger charge is 2.18. The quantitative estimate of drug-likeness (QED) is 0.612. The molecule has 0 fully saturated rings. The number of rotatable bonds is 6. The number of aromatic nitrogens is 3. The minimum absolute atomic E-state index is 0.214. The van der Waals surface area contributed by atoms with Crippen molar-refractivity contribution in [3.05, 3.63) is 56.6 Å². The van der Waals surface area contributed by atoms with Crippen LogP contribution in [0.1, 0.15) is 38.3 Å². The third-order valence-corrected chi connectivity index (χ3v) is 5.91. The van der Waals surface area contributed by atoms with Crippen LogP contribution in [0.3, 0.4) is 0 Å². The molecule has 2 heterocycles. The van der Waals surface area contributed by atoms with Crippen LogP contribution in [0.15, 0.2) is 29.8 Å². The molecular formula is C21H21ClN6O2S. The number of amides is 2. The van der Waals surface area contributed by atoms with Crippen molar-refractivity contribution in [3.63, 3.8) is 0 Å². The maximum Gasteiger partial charge on any atom is 0.282 e. The second-order valence-electron chi connectivity index (χ2n) is 7.25. The molecule has 1 atom stereocenters. The van der Waals surface area contributed by atoms with E-state index in [2.05, 4.69) is 21.5 Å². The van der Waals surface area contributed by atoms with Gasteiger partial charge in [0.15, 0.2) is 5.01 Å². The lowest BCUT2D eigenvalue weighted by atomic mass is 10.0. The van der Waals surface area contributed by atoms with Gasteiger partial charge in [-0.15, -0.1) is 11.3 Å². The van der Waals surface area contributed by atoms with E-state index in [-0.39, 0.29) is 28.6 Å². The molecule has 0 bridgehead atoms. The molecule has 0 saturated carbocycles. The molecule has 0 unspecified atom stereocenters. The fraction of sp³-hybridized carbons (Fsp3) is 0.286. The van der Waals surface area contributed by atoms with Crippen molar-refractivity contribution in [2.24, 2.45) is 0 Å². The van der Waals surface area contributed by atoms with E-state index >= 15 is 0 Å². The van der Waals surface area contributed by atoms with E-state index in [4.69, 9.17) is 16.9 Å². The molecule has 0 spiro atoms. The third-order valence-electron chi connectivity index (χ3n) is 4.59. The summed E-state index contributed by atoms with van der Waals surface area (Å²) < 4.78 is 1.73. The zero-order chi connectivity index (χ0) is 22.7. The monoisotopic (exact) mass is 456 g/mol. The molecule has 31 heavy (non-hydrogen) atoms. The third kappa shape index (κ3) is 4.93. The molecular weight excluding hydrogens is 436 g/mol. The van der Waals surface area contributed by atoms with Gasteiger partial charge in [-0.2, -0.15) is 10.4 Å². The van der Waals surface area contributed by atoms with Gasteiger partial charge in [0.05, 0.1) is 22.8 Å². The van der Waals surface area contributed by atoms with Crippen LogP contribution in [0.4, 0.5) is 0 Å². The maximum atomic E-state index is 12.5. The first-order valence-electron chi connectivity index (χ1n) is 9.42.